The lowest BCUT2D eigenvalue weighted by atomic mass is 9.80. The Morgan fingerprint density at radius 3 is 2.63 bits per heavy atom. The monoisotopic (exact) mass is 268 g/mol. The van der Waals surface area contributed by atoms with E-state index in [1.165, 1.54) is 12.8 Å². The molecule has 0 bridgehead atoms. The van der Waals surface area contributed by atoms with E-state index >= 15 is 0 Å². The van der Waals surface area contributed by atoms with Gasteiger partial charge in [-0.3, -0.25) is 4.79 Å². The number of amides is 1. The first-order chi connectivity index (χ1) is 9.06. The highest BCUT2D eigenvalue weighted by molar-refractivity contribution is 5.76. The maximum Gasteiger partial charge on any atom is 0.220 e. The molecule has 1 amide bonds. The summed E-state index contributed by atoms with van der Waals surface area (Å²) in [5.74, 6) is 2.29. The number of nitrogens with one attached hydrogen (secondary N) is 1. The van der Waals surface area contributed by atoms with Crippen molar-refractivity contribution in [2.45, 2.75) is 71.8 Å². The standard InChI is InChI=1S/C16H32N2O/c1-4-14(9-10-17)6-8-16(19)18-15-7-5-12(2)11-13(15)3/h12-15H,4-11,17H2,1-3H3,(H,18,19). The maximum atomic E-state index is 12.0. The fourth-order valence-corrected chi connectivity index (χ4v) is 3.28. The summed E-state index contributed by atoms with van der Waals surface area (Å²) in [5, 5.41) is 3.24. The zero-order valence-electron chi connectivity index (χ0n) is 13.0. The fraction of sp³-hybridized carbons (Fsp3) is 0.938. The Labute approximate surface area is 118 Å². The first kappa shape index (κ1) is 16.5. The molecule has 3 heteroatoms. The highest BCUT2D eigenvalue weighted by Crippen LogP contribution is 2.28. The number of nitrogens with two attached hydrogens (primary N) is 1. The third-order valence-corrected chi connectivity index (χ3v) is 4.71. The van der Waals surface area contributed by atoms with Gasteiger partial charge in [-0.2, -0.15) is 0 Å². The summed E-state index contributed by atoms with van der Waals surface area (Å²) in [6.07, 6.45) is 7.46. The minimum Gasteiger partial charge on any atom is -0.353 e. The van der Waals surface area contributed by atoms with E-state index in [0.717, 1.165) is 38.1 Å². The quantitative estimate of drug-likeness (QED) is 0.745. The molecule has 112 valence electrons. The van der Waals surface area contributed by atoms with Gasteiger partial charge in [-0.25, -0.2) is 0 Å². The third-order valence-electron chi connectivity index (χ3n) is 4.71. The molecule has 0 spiro atoms. The van der Waals surface area contributed by atoms with Gasteiger partial charge in [0.1, 0.15) is 0 Å². The van der Waals surface area contributed by atoms with Gasteiger partial charge in [0, 0.05) is 12.5 Å². The van der Waals surface area contributed by atoms with Crippen molar-refractivity contribution in [1.29, 1.82) is 0 Å². The Balaban J connectivity index is 2.27. The molecule has 0 radical (unpaired) electrons. The molecule has 3 N–H and O–H groups in total. The van der Waals surface area contributed by atoms with Crippen molar-refractivity contribution in [1.82, 2.24) is 5.32 Å². The zero-order chi connectivity index (χ0) is 14.3. The third kappa shape index (κ3) is 5.94. The van der Waals surface area contributed by atoms with Crippen molar-refractivity contribution in [3.05, 3.63) is 0 Å². The maximum absolute atomic E-state index is 12.0. The molecule has 1 aliphatic carbocycles. The number of carbonyl (C=O) groups is 1. The lowest BCUT2D eigenvalue weighted by molar-refractivity contribution is -0.122. The van der Waals surface area contributed by atoms with Crippen LogP contribution in [0.2, 0.25) is 0 Å². The van der Waals surface area contributed by atoms with E-state index in [2.05, 4.69) is 26.1 Å². The first-order valence-corrected chi connectivity index (χ1v) is 8.06. The van der Waals surface area contributed by atoms with Crippen LogP contribution in [0.5, 0.6) is 0 Å². The molecule has 0 heterocycles. The molecule has 0 aliphatic heterocycles. The Morgan fingerprint density at radius 2 is 2.05 bits per heavy atom. The topological polar surface area (TPSA) is 55.1 Å². The van der Waals surface area contributed by atoms with Crippen LogP contribution in [-0.4, -0.2) is 18.5 Å². The lowest BCUT2D eigenvalue weighted by Gasteiger charge is -2.33. The number of carbonyl (C=O) groups excluding carboxylic acids is 1. The molecule has 0 aromatic carbocycles. The molecule has 1 saturated carbocycles. The van der Waals surface area contributed by atoms with E-state index in [1.54, 1.807) is 0 Å². The summed E-state index contributed by atoms with van der Waals surface area (Å²) in [4.78, 5) is 12.0. The highest BCUT2D eigenvalue weighted by atomic mass is 16.1. The van der Waals surface area contributed by atoms with Crippen molar-refractivity contribution < 1.29 is 4.79 Å². The molecule has 0 saturated heterocycles. The van der Waals surface area contributed by atoms with Crippen molar-refractivity contribution in [2.24, 2.45) is 23.5 Å². The second-order valence-corrected chi connectivity index (χ2v) is 6.46. The average Bonchev–Trinajstić information content (AvgIpc) is 2.38. The van der Waals surface area contributed by atoms with Crippen LogP contribution < -0.4 is 11.1 Å². The van der Waals surface area contributed by atoms with Crippen LogP contribution in [0, 0.1) is 17.8 Å². The van der Waals surface area contributed by atoms with E-state index < -0.39 is 0 Å². The van der Waals surface area contributed by atoms with Gasteiger partial charge in [0.15, 0.2) is 0 Å². The van der Waals surface area contributed by atoms with Crippen molar-refractivity contribution in [2.75, 3.05) is 6.54 Å². The minimum absolute atomic E-state index is 0.238. The predicted molar refractivity (Wildman–Crippen MR) is 80.8 cm³/mol. The smallest absolute Gasteiger partial charge is 0.220 e. The Bertz CT molecular complexity index is 267. The largest absolute Gasteiger partial charge is 0.353 e. The van der Waals surface area contributed by atoms with E-state index in [1.807, 2.05) is 0 Å². The van der Waals surface area contributed by atoms with Crippen molar-refractivity contribution >= 4 is 5.91 Å². The summed E-state index contributed by atoms with van der Waals surface area (Å²) in [6.45, 7) is 7.50. The molecule has 1 aliphatic rings. The van der Waals surface area contributed by atoms with Crippen LogP contribution in [0.3, 0.4) is 0 Å². The number of hydrogen-bond donors (Lipinski definition) is 2. The lowest BCUT2D eigenvalue weighted by Crippen LogP contribution is -2.42. The molecular weight excluding hydrogens is 236 g/mol. The molecular formula is C16H32N2O. The van der Waals surface area contributed by atoms with Crippen molar-refractivity contribution in [3.63, 3.8) is 0 Å². The summed E-state index contributed by atoms with van der Waals surface area (Å²) < 4.78 is 0. The molecule has 0 aromatic heterocycles. The normalized spacial score (nSPS) is 28.9. The number of hydrogen-bond acceptors (Lipinski definition) is 2. The summed E-state index contributed by atoms with van der Waals surface area (Å²) in [7, 11) is 0. The van der Waals surface area contributed by atoms with Gasteiger partial charge >= 0.3 is 0 Å². The second-order valence-electron chi connectivity index (χ2n) is 6.46. The van der Waals surface area contributed by atoms with Gasteiger partial charge in [0.05, 0.1) is 0 Å². The summed E-state index contributed by atoms with van der Waals surface area (Å²) >= 11 is 0. The summed E-state index contributed by atoms with van der Waals surface area (Å²) in [6, 6.07) is 0.401. The van der Waals surface area contributed by atoms with Crippen molar-refractivity contribution in [3.8, 4) is 0 Å². The molecule has 1 fully saturated rings. The Morgan fingerprint density at radius 1 is 1.32 bits per heavy atom. The highest BCUT2D eigenvalue weighted by Gasteiger charge is 2.26. The van der Waals surface area contributed by atoms with Crippen LogP contribution in [0.25, 0.3) is 0 Å². The molecule has 4 atom stereocenters. The Kier molecular flexibility index (Phi) is 7.44. The molecule has 4 unspecified atom stereocenters. The average molecular weight is 268 g/mol. The molecule has 3 nitrogen and oxygen atoms in total. The van der Waals surface area contributed by atoms with Gasteiger partial charge in [-0.05, 0) is 56.4 Å². The molecule has 19 heavy (non-hydrogen) atoms. The number of rotatable bonds is 7. The molecule has 0 aromatic rings. The van der Waals surface area contributed by atoms with E-state index in [9.17, 15) is 4.79 Å². The van der Waals surface area contributed by atoms with Crippen LogP contribution in [0.15, 0.2) is 0 Å². The van der Waals surface area contributed by atoms with Gasteiger partial charge in [-0.15, -0.1) is 0 Å². The first-order valence-electron chi connectivity index (χ1n) is 8.06. The summed E-state index contributed by atoms with van der Waals surface area (Å²) in [5.41, 5.74) is 5.59. The van der Waals surface area contributed by atoms with Gasteiger partial charge in [0.2, 0.25) is 5.91 Å². The van der Waals surface area contributed by atoms with Crippen LogP contribution in [-0.2, 0) is 4.79 Å². The van der Waals surface area contributed by atoms with E-state index in [4.69, 9.17) is 5.73 Å². The SMILES string of the molecule is CCC(CCN)CCC(=O)NC1CCC(C)CC1C. The van der Waals surface area contributed by atoms with E-state index in [-0.39, 0.29) is 5.91 Å². The van der Waals surface area contributed by atoms with Crippen LogP contribution in [0.4, 0.5) is 0 Å². The minimum atomic E-state index is 0.238. The second kappa shape index (κ2) is 8.57. The fourth-order valence-electron chi connectivity index (χ4n) is 3.28. The van der Waals surface area contributed by atoms with Gasteiger partial charge in [0.25, 0.3) is 0 Å². The van der Waals surface area contributed by atoms with Crippen LogP contribution in [0.1, 0.15) is 65.7 Å². The van der Waals surface area contributed by atoms with Gasteiger partial charge < -0.3 is 11.1 Å². The molecule has 1 rings (SSSR count). The van der Waals surface area contributed by atoms with Crippen LogP contribution >= 0.6 is 0 Å². The zero-order valence-corrected chi connectivity index (χ0v) is 13.0. The Hall–Kier alpha value is -0.570. The van der Waals surface area contributed by atoms with Gasteiger partial charge in [-0.1, -0.05) is 27.2 Å². The van der Waals surface area contributed by atoms with E-state index in [0.29, 0.717) is 24.3 Å². The predicted octanol–water partition coefficient (Wildman–Crippen LogP) is 3.08.